The number of aliphatic imine (C=N–C) groups is 1. The Hall–Kier alpha value is -2.33. The van der Waals surface area contributed by atoms with Crippen LogP contribution < -0.4 is 14.2 Å². The van der Waals surface area contributed by atoms with Gasteiger partial charge in [0.05, 0.1) is 19.9 Å². The van der Waals surface area contributed by atoms with Crippen LogP contribution in [0.2, 0.25) is 0 Å². The number of methoxy groups -OCH3 is 2. The highest BCUT2D eigenvalue weighted by Crippen LogP contribution is 2.41. The van der Waals surface area contributed by atoms with Gasteiger partial charge in [0.25, 0.3) is 0 Å². The van der Waals surface area contributed by atoms with Crippen molar-refractivity contribution in [3.8, 4) is 17.2 Å². The van der Waals surface area contributed by atoms with E-state index in [9.17, 15) is 9.59 Å². The zero-order chi connectivity index (χ0) is 12.8. The van der Waals surface area contributed by atoms with E-state index in [4.69, 9.17) is 14.2 Å². The highest BCUT2D eigenvalue weighted by molar-refractivity contribution is 5.73. The molecule has 0 bridgehead atoms. The predicted molar refractivity (Wildman–Crippen MR) is 58.6 cm³/mol. The number of hydrogen-bond donors (Lipinski definition) is 0. The highest BCUT2D eigenvalue weighted by Gasteiger charge is 2.15. The molecule has 1 rings (SSSR count). The maximum absolute atomic E-state index is 10.9. The molecule has 0 aliphatic carbocycles. The van der Waals surface area contributed by atoms with Crippen molar-refractivity contribution in [3.05, 3.63) is 12.1 Å². The Kier molecular flexibility index (Phi) is 4.25. The Labute approximate surface area is 97.8 Å². The molecule has 17 heavy (non-hydrogen) atoms. The number of carbonyl (C=O) groups is 1. The molecular weight excluding hydrogens is 226 g/mol. The van der Waals surface area contributed by atoms with Gasteiger partial charge in [-0.3, -0.25) is 4.79 Å². The highest BCUT2D eigenvalue weighted by atomic mass is 16.6. The quantitative estimate of drug-likeness (QED) is 0.344. The molecule has 0 amide bonds. The van der Waals surface area contributed by atoms with Crippen molar-refractivity contribution in [2.24, 2.45) is 4.99 Å². The maximum atomic E-state index is 10.9. The molecule has 0 saturated heterocycles. The lowest BCUT2D eigenvalue weighted by molar-refractivity contribution is -0.132. The Morgan fingerprint density at radius 2 is 1.76 bits per heavy atom. The van der Waals surface area contributed by atoms with E-state index in [-0.39, 0.29) is 17.2 Å². The second kappa shape index (κ2) is 5.67. The van der Waals surface area contributed by atoms with Gasteiger partial charge in [-0.2, -0.15) is 4.99 Å². The molecular formula is C11H11NO5. The second-order valence-corrected chi connectivity index (χ2v) is 2.98. The fourth-order valence-corrected chi connectivity index (χ4v) is 1.23. The number of esters is 1. The smallest absolute Gasteiger partial charge is 0.308 e. The second-order valence-electron chi connectivity index (χ2n) is 2.98. The SMILES string of the molecule is COc1cc(N=C=O)cc(OC)c1OC(C)=O. The van der Waals surface area contributed by atoms with Gasteiger partial charge in [-0.25, -0.2) is 4.79 Å². The number of rotatable bonds is 4. The summed E-state index contributed by atoms with van der Waals surface area (Å²) in [6.45, 7) is 1.26. The number of ether oxygens (including phenoxy) is 3. The minimum Gasteiger partial charge on any atom is -0.493 e. The number of benzene rings is 1. The van der Waals surface area contributed by atoms with Gasteiger partial charge in [-0.1, -0.05) is 0 Å². The van der Waals surface area contributed by atoms with Crippen LogP contribution in [0.4, 0.5) is 5.69 Å². The molecule has 0 aliphatic rings. The van der Waals surface area contributed by atoms with Crippen molar-refractivity contribution in [1.29, 1.82) is 0 Å². The van der Waals surface area contributed by atoms with Crippen LogP contribution in [-0.2, 0) is 9.59 Å². The zero-order valence-corrected chi connectivity index (χ0v) is 9.64. The standard InChI is InChI=1S/C11H11NO5/c1-7(14)17-11-9(15-2)4-8(12-6-13)5-10(11)16-3/h4-5H,1-3H3. The van der Waals surface area contributed by atoms with Crippen LogP contribution in [-0.4, -0.2) is 26.3 Å². The van der Waals surface area contributed by atoms with Crippen LogP contribution in [0.3, 0.4) is 0 Å². The first-order chi connectivity index (χ1) is 8.12. The minimum atomic E-state index is -0.506. The lowest BCUT2D eigenvalue weighted by atomic mass is 10.2. The molecule has 1 aromatic rings. The van der Waals surface area contributed by atoms with Crippen molar-refractivity contribution in [2.45, 2.75) is 6.92 Å². The molecule has 90 valence electrons. The molecule has 0 saturated carbocycles. The third-order valence-corrected chi connectivity index (χ3v) is 1.87. The number of carbonyl (C=O) groups excluding carboxylic acids is 2. The molecule has 6 heteroatoms. The number of isocyanates is 1. The molecule has 0 unspecified atom stereocenters. The summed E-state index contributed by atoms with van der Waals surface area (Å²) < 4.78 is 15.0. The lowest BCUT2D eigenvalue weighted by Gasteiger charge is -2.12. The normalized spacial score (nSPS) is 9.12. The van der Waals surface area contributed by atoms with Crippen LogP contribution in [0.15, 0.2) is 17.1 Å². The predicted octanol–water partition coefficient (Wildman–Crippen LogP) is 1.60. The van der Waals surface area contributed by atoms with Crippen LogP contribution >= 0.6 is 0 Å². The van der Waals surface area contributed by atoms with Crippen molar-refractivity contribution in [1.82, 2.24) is 0 Å². The minimum absolute atomic E-state index is 0.146. The van der Waals surface area contributed by atoms with Crippen molar-refractivity contribution >= 4 is 17.7 Å². The summed E-state index contributed by atoms with van der Waals surface area (Å²) in [6.07, 6.45) is 1.40. The van der Waals surface area contributed by atoms with Crippen LogP contribution in [0, 0.1) is 0 Å². The Bertz CT molecular complexity index is 452. The van der Waals surface area contributed by atoms with Crippen LogP contribution in [0.1, 0.15) is 6.92 Å². The molecule has 0 atom stereocenters. The van der Waals surface area contributed by atoms with Crippen molar-refractivity contribution < 1.29 is 23.8 Å². The average molecular weight is 237 g/mol. The first-order valence-corrected chi connectivity index (χ1v) is 4.64. The first-order valence-electron chi connectivity index (χ1n) is 4.64. The third kappa shape index (κ3) is 3.06. The summed E-state index contributed by atoms with van der Waals surface area (Å²) in [6, 6.07) is 2.87. The zero-order valence-electron chi connectivity index (χ0n) is 9.64. The molecule has 0 N–H and O–H groups in total. The topological polar surface area (TPSA) is 74.2 Å². The summed E-state index contributed by atoms with van der Waals surface area (Å²) in [5.41, 5.74) is 0.296. The van der Waals surface area contributed by atoms with Gasteiger partial charge in [0, 0.05) is 19.1 Å². The average Bonchev–Trinajstić information content (AvgIpc) is 2.30. The maximum Gasteiger partial charge on any atom is 0.308 e. The Balaban J connectivity index is 3.35. The van der Waals surface area contributed by atoms with E-state index in [1.807, 2.05) is 0 Å². The van der Waals surface area contributed by atoms with Gasteiger partial charge < -0.3 is 14.2 Å². The summed E-state index contributed by atoms with van der Waals surface area (Å²) in [4.78, 5) is 24.6. The molecule has 0 aliphatic heterocycles. The van der Waals surface area contributed by atoms with Crippen molar-refractivity contribution in [3.63, 3.8) is 0 Å². The van der Waals surface area contributed by atoms with Gasteiger partial charge in [0.15, 0.2) is 11.5 Å². The monoisotopic (exact) mass is 237 g/mol. The van der Waals surface area contributed by atoms with E-state index >= 15 is 0 Å². The number of hydrogen-bond acceptors (Lipinski definition) is 6. The molecule has 1 aromatic carbocycles. The summed E-state index contributed by atoms with van der Waals surface area (Å²) in [7, 11) is 2.80. The Morgan fingerprint density at radius 3 is 2.12 bits per heavy atom. The first kappa shape index (κ1) is 12.7. The fraction of sp³-hybridized carbons (Fsp3) is 0.273. The van der Waals surface area contributed by atoms with Crippen LogP contribution in [0.25, 0.3) is 0 Å². The van der Waals surface area contributed by atoms with Crippen molar-refractivity contribution in [2.75, 3.05) is 14.2 Å². The summed E-state index contributed by atoms with van der Waals surface area (Å²) in [5.74, 6) is 0.127. The van der Waals surface area contributed by atoms with E-state index in [0.29, 0.717) is 5.69 Å². The van der Waals surface area contributed by atoms with E-state index in [2.05, 4.69) is 4.99 Å². The van der Waals surface area contributed by atoms with E-state index in [0.717, 1.165) is 0 Å². The summed E-state index contributed by atoms with van der Waals surface area (Å²) >= 11 is 0. The lowest BCUT2D eigenvalue weighted by Crippen LogP contribution is -2.04. The molecule has 0 spiro atoms. The molecule has 0 aromatic heterocycles. The molecule has 6 nitrogen and oxygen atoms in total. The van der Waals surface area contributed by atoms with Crippen LogP contribution in [0.5, 0.6) is 17.2 Å². The molecule has 0 radical (unpaired) electrons. The van der Waals surface area contributed by atoms with E-state index < -0.39 is 5.97 Å². The van der Waals surface area contributed by atoms with E-state index in [1.165, 1.54) is 39.4 Å². The van der Waals surface area contributed by atoms with Gasteiger partial charge >= 0.3 is 5.97 Å². The van der Waals surface area contributed by atoms with Gasteiger partial charge in [0.1, 0.15) is 0 Å². The van der Waals surface area contributed by atoms with Gasteiger partial charge in [-0.05, 0) is 0 Å². The Morgan fingerprint density at radius 1 is 1.24 bits per heavy atom. The summed E-state index contributed by atoms with van der Waals surface area (Å²) in [5, 5.41) is 0. The van der Waals surface area contributed by atoms with Gasteiger partial charge in [-0.15, -0.1) is 0 Å². The largest absolute Gasteiger partial charge is 0.493 e. The fourth-order valence-electron chi connectivity index (χ4n) is 1.23. The van der Waals surface area contributed by atoms with Gasteiger partial charge in [0.2, 0.25) is 11.8 Å². The van der Waals surface area contributed by atoms with E-state index in [1.54, 1.807) is 0 Å². The molecule has 0 fully saturated rings. The number of nitrogens with zero attached hydrogens (tertiary/aromatic N) is 1. The molecule has 0 heterocycles. The third-order valence-electron chi connectivity index (χ3n) is 1.87.